The lowest BCUT2D eigenvalue weighted by atomic mass is 10.1. The molecule has 1 aliphatic heterocycles. The Bertz CT molecular complexity index is 269. The average molecular weight is 191 g/mol. The van der Waals surface area contributed by atoms with Crippen molar-refractivity contribution >= 4 is 0 Å². The first-order valence-corrected chi connectivity index (χ1v) is 5.31. The Morgan fingerprint density at radius 3 is 2.50 bits per heavy atom. The zero-order valence-electron chi connectivity index (χ0n) is 8.39. The SMILES string of the molecule is OC(CCN1CCC1)c1ccccc1. The number of aliphatic hydroxyl groups excluding tert-OH is 1. The van der Waals surface area contributed by atoms with Crippen LogP contribution in [0.15, 0.2) is 30.3 Å². The number of aliphatic hydroxyl groups is 1. The zero-order chi connectivity index (χ0) is 9.80. The standard InChI is InChI=1S/C12H17NO/c14-12(7-10-13-8-4-9-13)11-5-2-1-3-6-11/h1-3,5-6,12,14H,4,7-10H2. The topological polar surface area (TPSA) is 23.5 Å². The van der Waals surface area contributed by atoms with Gasteiger partial charge in [-0.1, -0.05) is 30.3 Å². The molecular formula is C12H17NO. The molecule has 0 amide bonds. The maximum absolute atomic E-state index is 9.86. The lowest BCUT2D eigenvalue weighted by Gasteiger charge is -2.31. The van der Waals surface area contributed by atoms with Crippen molar-refractivity contribution in [3.63, 3.8) is 0 Å². The smallest absolute Gasteiger partial charge is 0.0802 e. The molecule has 1 N–H and O–H groups in total. The third-order valence-corrected chi connectivity index (χ3v) is 2.85. The third-order valence-electron chi connectivity index (χ3n) is 2.85. The highest BCUT2D eigenvalue weighted by molar-refractivity contribution is 5.17. The molecule has 0 saturated carbocycles. The van der Waals surface area contributed by atoms with E-state index in [0.29, 0.717) is 0 Å². The van der Waals surface area contributed by atoms with E-state index in [2.05, 4.69) is 4.90 Å². The van der Waals surface area contributed by atoms with Crippen LogP contribution in [0.1, 0.15) is 24.5 Å². The van der Waals surface area contributed by atoms with Crippen molar-refractivity contribution in [3.8, 4) is 0 Å². The third kappa shape index (κ3) is 2.34. The molecule has 2 rings (SSSR count). The van der Waals surface area contributed by atoms with Crippen molar-refractivity contribution in [1.29, 1.82) is 0 Å². The van der Waals surface area contributed by atoms with Crippen LogP contribution in [0.4, 0.5) is 0 Å². The van der Waals surface area contributed by atoms with Crippen LogP contribution >= 0.6 is 0 Å². The van der Waals surface area contributed by atoms with Gasteiger partial charge in [0, 0.05) is 6.54 Å². The Balaban J connectivity index is 1.80. The van der Waals surface area contributed by atoms with E-state index in [9.17, 15) is 5.11 Å². The van der Waals surface area contributed by atoms with Crippen molar-refractivity contribution in [2.24, 2.45) is 0 Å². The Labute approximate surface area is 85.2 Å². The molecule has 14 heavy (non-hydrogen) atoms. The van der Waals surface area contributed by atoms with Crippen molar-refractivity contribution in [2.75, 3.05) is 19.6 Å². The molecule has 2 heteroatoms. The molecule has 1 aromatic rings. The van der Waals surface area contributed by atoms with Crippen LogP contribution in [-0.4, -0.2) is 29.6 Å². The summed E-state index contributed by atoms with van der Waals surface area (Å²) in [6, 6.07) is 9.90. The molecule has 1 saturated heterocycles. The van der Waals surface area contributed by atoms with E-state index < -0.39 is 0 Å². The van der Waals surface area contributed by atoms with Gasteiger partial charge in [-0.25, -0.2) is 0 Å². The Hall–Kier alpha value is -0.860. The predicted octanol–water partition coefficient (Wildman–Crippen LogP) is 1.82. The Morgan fingerprint density at radius 1 is 1.21 bits per heavy atom. The monoisotopic (exact) mass is 191 g/mol. The lowest BCUT2D eigenvalue weighted by Crippen LogP contribution is -2.38. The molecule has 1 fully saturated rings. The first-order valence-electron chi connectivity index (χ1n) is 5.31. The van der Waals surface area contributed by atoms with Crippen molar-refractivity contribution in [1.82, 2.24) is 4.90 Å². The van der Waals surface area contributed by atoms with Gasteiger partial charge in [-0.3, -0.25) is 0 Å². The highest BCUT2D eigenvalue weighted by atomic mass is 16.3. The molecular weight excluding hydrogens is 174 g/mol. The van der Waals surface area contributed by atoms with Gasteiger partial charge in [0.05, 0.1) is 6.10 Å². The molecule has 76 valence electrons. The van der Waals surface area contributed by atoms with Gasteiger partial charge in [-0.15, -0.1) is 0 Å². The summed E-state index contributed by atoms with van der Waals surface area (Å²) in [5.74, 6) is 0. The molecule has 1 heterocycles. The Morgan fingerprint density at radius 2 is 1.93 bits per heavy atom. The fourth-order valence-electron chi connectivity index (χ4n) is 1.75. The van der Waals surface area contributed by atoms with Gasteiger partial charge in [0.15, 0.2) is 0 Å². The van der Waals surface area contributed by atoms with Crippen LogP contribution < -0.4 is 0 Å². The van der Waals surface area contributed by atoms with E-state index in [4.69, 9.17) is 0 Å². The van der Waals surface area contributed by atoms with Gasteiger partial charge in [0.1, 0.15) is 0 Å². The fourth-order valence-corrected chi connectivity index (χ4v) is 1.75. The van der Waals surface area contributed by atoms with Gasteiger partial charge < -0.3 is 10.0 Å². The van der Waals surface area contributed by atoms with E-state index in [1.54, 1.807) is 0 Å². The molecule has 1 aromatic carbocycles. The summed E-state index contributed by atoms with van der Waals surface area (Å²) >= 11 is 0. The minimum absolute atomic E-state index is 0.295. The maximum Gasteiger partial charge on any atom is 0.0802 e. The van der Waals surface area contributed by atoms with Crippen LogP contribution in [0.25, 0.3) is 0 Å². The van der Waals surface area contributed by atoms with E-state index >= 15 is 0 Å². The minimum Gasteiger partial charge on any atom is -0.388 e. The second-order valence-electron chi connectivity index (χ2n) is 3.91. The van der Waals surface area contributed by atoms with Crippen LogP contribution in [0, 0.1) is 0 Å². The number of nitrogens with zero attached hydrogens (tertiary/aromatic N) is 1. The average Bonchev–Trinajstić information content (AvgIpc) is 2.16. The highest BCUT2D eigenvalue weighted by Gasteiger charge is 2.15. The zero-order valence-corrected chi connectivity index (χ0v) is 8.39. The van der Waals surface area contributed by atoms with Gasteiger partial charge in [0.2, 0.25) is 0 Å². The number of rotatable bonds is 4. The van der Waals surface area contributed by atoms with Crippen molar-refractivity contribution in [3.05, 3.63) is 35.9 Å². The number of hydrogen-bond acceptors (Lipinski definition) is 2. The van der Waals surface area contributed by atoms with Crippen LogP contribution in [0.2, 0.25) is 0 Å². The van der Waals surface area contributed by atoms with Crippen LogP contribution in [-0.2, 0) is 0 Å². The predicted molar refractivity (Wildman–Crippen MR) is 57.1 cm³/mol. The van der Waals surface area contributed by atoms with Gasteiger partial charge >= 0.3 is 0 Å². The quantitative estimate of drug-likeness (QED) is 0.784. The van der Waals surface area contributed by atoms with Gasteiger partial charge in [0.25, 0.3) is 0 Å². The van der Waals surface area contributed by atoms with Crippen LogP contribution in [0.3, 0.4) is 0 Å². The summed E-state index contributed by atoms with van der Waals surface area (Å²) in [4.78, 5) is 2.38. The molecule has 0 aromatic heterocycles. The van der Waals surface area contributed by atoms with Crippen molar-refractivity contribution < 1.29 is 5.11 Å². The molecule has 1 unspecified atom stereocenters. The second-order valence-corrected chi connectivity index (χ2v) is 3.91. The van der Waals surface area contributed by atoms with Crippen molar-refractivity contribution in [2.45, 2.75) is 18.9 Å². The summed E-state index contributed by atoms with van der Waals surface area (Å²) in [6.45, 7) is 3.44. The first kappa shape index (κ1) is 9.69. The molecule has 2 nitrogen and oxygen atoms in total. The Kier molecular flexibility index (Phi) is 3.17. The lowest BCUT2D eigenvalue weighted by molar-refractivity contribution is 0.116. The second kappa shape index (κ2) is 4.58. The number of benzene rings is 1. The molecule has 1 aliphatic rings. The van der Waals surface area contributed by atoms with E-state index in [1.165, 1.54) is 19.5 Å². The minimum atomic E-state index is -0.295. The summed E-state index contributed by atoms with van der Waals surface area (Å²) < 4.78 is 0. The molecule has 0 radical (unpaired) electrons. The van der Waals surface area contributed by atoms with E-state index in [0.717, 1.165) is 18.5 Å². The highest BCUT2D eigenvalue weighted by Crippen LogP contribution is 2.17. The number of hydrogen-bond donors (Lipinski definition) is 1. The van der Waals surface area contributed by atoms with E-state index in [-0.39, 0.29) is 6.10 Å². The summed E-state index contributed by atoms with van der Waals surface area (Å²) in [5.41, 5.74) is 1.04. The van der Waals surface area contributed by atoms with Gasteiger partial charge in [-0.05, 0) is 31.5 Å². The normalized spacial score (nSPS) is 18.9. The first-order chi connectivity index (χ1) is 6.86. The molecule has 0 spiro atoms. The summed E-state index contributed by atoms with van der Waals surface area (Å²) in [5, 5.41) is 9.86. The molecule has 0 bridgehead atoms. The maximum atomic E-state index is 9.86. The summed E-state index contributed by atoms with van der Waals surface area (Å²) in [7, 11) is 0. The van der Waals surface area contributed by atoms with Gasteiger partial charge in [-0.2, -0.15) is 0 Å². The number of likely N-dealkylation sites (tertiary alicyclic amines) is 1. The van der Waals surface area contributed by atoms with E-state index in [1.807, 2.05) is 30.3 Å². The molecule has 0 aliphatic carbocycles. The molecule has 1 atom stereocenters. The van der Waals surface area contributed by atoms with Crippen LogP contribution in [0.5, 0.6) is 0 Å². The summed E-state index contributed by atoms with van der Waals surface area (Å²) in [6.07, 6.45) is 1.88. The largest absolute Gasteiger partial charge is 0.388 e. The fraction of sp³-hybridized carbons (Fsp3) is 0.500.